The van der Waals surface area contributed by atoms with Gasteiger partial charge < -0.3 is 19.5 Å². The molecule has 1 N–H and O–H groups in total. The first kappa shape index (κ1) is 21.1. The van der Waals surface area contributed by atoms with Crippen LogP contribution in [0.1, 0.15) is 11.1 Å². The zero-order valence-corrected chi connectivity index (χ0v) is 16.9. The molecule has 5 nitrogen and oxygen atoms in total. The number of hydrogen-bond acceptors (Lipinski definition) is 4. The van der Waals surface area contributed by atoms with Crippen molar-refractivity contribution in [1.29, 1.82) is 0 Å². The highest BCUT2D eigenvalue weighted by Gasteiger charge is 2.31. The van der Waals surface area contributed by atoms with Crippen molar-refractivity contribution in [2.75, 3.05) is 26.6 Å². The van der Waals surface area contributed by atoms with Crippen molar-refractivity contribution < 1.29 is 32.2 Å². The lowest BCUT2D eigenvalue weighted by molar-refractivity contribution is -0.137. The number of methoxy groups -OCH3 is 3. The maximum Gasteiger partial charge on any atom is 0.416 e. The second-order valence-electron chi connectivity index (χ2n) is 5.45. The molecule has 146 valence electrons. The smallest absolute Gasteiger partial charge is 0.416 e. The van der Waals surface area contributed by atoms with Gasteiger partial charge in [0, 0.05) is 3.57 Å². The molecule has 0 aliphatic rings. The van der Waals surface area contributed by atoms with E-state index in [0.29, 0.717) is 26.4 Å². The summed E-state index contributed by atoms with van der Waals surface area (Å²) in [4.78, 5) is 12.3. The van der Waals surface area contributed by atoms with E-state index in [9.17, 15) is 18.0 Å². The van der Waals surface area contributed by atoms with Crippen LogP contribution in [0.25, 0.3) is 0 Å². The number of carbonyl (C=O) groups is 1. The van der Waals surface area contributed by atoms with Crippen LogP contribution in [0.2, 0.25) is 0 Å². The molecule has 0 atom stereocenters. The fourth-order valence-corrected chi connectivity index (χ4v) is 2.88. The number of benzene rings is 2. The summed E-state index contributed by atoms with van der Waals surface area (Å²) in [5.74, 6) is 0.680. The summed E-state index contributed by atoms with van der Waals surface area (Å²) >= 11 is 1.86. The Morgan fingerprint density at radius 3 is 2.11 bits per heavy atom. The molecule has 0 spiro atoms. The van der Waals surface area contributed by atoms with Crippen LogP contribution >= 0.6 is 22.6 Å². The maximum absolute atomic E-state index is 12.9. The standard InChI is InChI=1S/C18H17F3INO4/c1-25-14-6-10(7-15(26-2)17(14)27-3)8-16(24)23-13-9-11(18(19,20)21)4-5-12(13)22/h4-7,9H,8H2,1-3H3,(H,23,24). The van der Waals surface area contributed by atoms with Gasteiger partial charge in [0.1, 0.15) is 0 Å². The monoisotopic (exact) mass is 495 g/mol. The third-order valence-electron chi connectivity index (χ3n) is 3.66. The summed E-state index contributed by atoms with van der Waals surface area (Å²) in [6, 6.07) is 6.40. The summed E-state index contributed by atoms with van der Waals surface area (Å²) < 4.78 is 54.8. The van der Waals surface area contributed by atoms with Gasteiger partial charge in [0.15, 0.2) is 11.5 Å². The molecule has 0 unspecified atom stereocenters. The normalized spacial score (nSPS) is 11.1. The van der Waals surface area contributed by atoms with E-state index in [2.05, 4.69) is 5.32 Å². The SMILES string of the molecule is COc1cc(CC(=O)Nc2cc(C(F)(F)F)ccc2I)cc(OC)c1OC. The van der Waals surface area contributed by atoms with E-state index >= 15 is 0 Å². The van der Waals surface area contributed by atoms with Gasteiger partial charge in [0.2, 0.25) is 11.7 Å². The number of carbonyl (C=O) groups excluding carboxylic acids is 1. The van der Waals surface area contributed by atoms with E-state index in [4.69, 9.17) is 14.2 Å². The van der Waals surface area contributed by atoms with E-state index in [0.717, 1.165) is 12.1 Å². The van der Waals surface area contributed by atoms with Crippen molar-refractivity contribution in [1.82, 2.24) is 0 Å². The molecular weight excluding hydrogens is 478 g/mol. The lowest BCUT2D eigenvalue weighted by Crippen LogP contribution is -2.16. The number of rotatable bonds is 6. The summed E-state index contributed by atoms with van der Waals surface area (Å²) in [6.45, 7) is 0. The van der Waals surface area contributed by atoms with E-state index in [1.54, 1.807) is 12.1 Å². The Balaban J connectivity index is 2.24. The third kappa shape index (κ3) is 5.18. The molecule has 0 heterocycles. The van der Waals surface area contributed by atoms with Crippen LogP contribution in [0, 0.1) is 3.57 Å². The Kier molecular flexibility index (Phi) is 6.79. The average molecular weight is 495 g/mol. The predicted octanol–water partition coefficient (Wildman–Crippen LogP) is 4.52. The van der Waals surface area contributed by atoms with Crippen LogP contribution in [0.5, 0.6) is 17.2 Å². The zero-order valence-electron chi connectivity index (χ0n) is 14.7. The summed E-state index contributed by atoms with van der Waals surface area (Å²) in [6.07, 6.45) is -4.57. The molecule has 9 heteroatoms. The molecule has 0 saturated carbocycles. The molecule has 0 aliphatic heterocycles. The van der Waals surface area contributed by atoms with Crippen LogP contribution in [0.3, 0.4) is 0 Å². The van der Waals surface area contributed by atoms with E-state index in [1.165, 1.54) is 27.4 Å². The number of alkyl halides is 3. The fraction of sp³-hybridized carbons (Fsp3) is 0.278. The van der Waals surface area contributed by atoms with Gasteiger partial charge in [-0.2, -0.15) is 13.2 Å². The molecule has 2 aromatic rings. The minimum atomic E-state index is -4.49. The summed E-state index contributed by atoms with van der Waals surface area (Å²) in [5, 5.41) is 2.52. The molecule has 27 heavy (non-hydrogen) atoms. The molecule has 0 aliphatic carbocycles. The number of halogens is 4. The van der Waals surface area contributed by atoms with Crippen LogP contribution in [-0.2, 0) is 17.4 Å². The first-order valence-corrected chi connectivity index (χ1v) is 8.73. The fourth-order valence-electron chi connectivity index (χ4n) is 2.41. The lowest BCUT2D eigenvalue weighted by Gasteiger charge is -2.15. The highest BCUT2D eigenvalue weighted by Crippen LogP contribution is 2.38. The highest BCUT2D eigenvalue weighted by molar-refractivity contribution is 14.1. The summed E-state index contributed by atoms with van der Waals surface area (Å²) in [5.41, 5.74) is -0.169. The van der Waals surface area contributed by atoms with Gasteiger partial charge in [0.05, 0.1) is 39.0 Å². The summed E-state index contributed by atoms with van der Waals surface area (Å²) in [7, 11) is 4.36. The number of amides is 1. The Morgan fingerprint density at radius 2 is 1.63 bits per heavy atom. The van der Waals surface area contributed by atoms with Gasteiger partial charge >= 0.3 is 6.18 Å². The molecule has 0 fully saturated rings. The van der Waals surface area contributed by atoms with Crippen molar-refractivity contribution in [3.63, 3.8) is 0 Å². The molecule has 0 radical (unpaired) electrons. The average Bonchev–Trinajstić information content (AvgIpc) is 2.61. The molecular formula is C18H17F3INO4. The van der Waals surface area contributed by atoms with Crippen LogP contribution in [0.4, 0.5) is 18.9 Å². The Morgan fingerprint density at radius 1 is 1.04 bits per heavy atom. The van der Waals surface area contributed by atoms with Crippen LogP contribution in [0.15, 0.2) is 30.3 Å². The van der Waals surface area contributed by atoms with Crippen molar-refractivity contribution in [3.8, 4) is 17.2 Å². The largest absolute Gasteiger partial charge is 0.493 e. The van der Waals surface area contributed by atoms with E-state index in [-0.39, 0.29) is 12.1 Å². The topological polar surface area (TPSA) is 56.8 Å². The van der Waals surface area contributed by atoms with E-state index < -0.39 is 17.6 Å². The molecule has 1 amide bonds. The molecule has 0 bridgehead atoms. The molecule has 2 rings (SSSR count). The van der Waals surface area contributed by atoms with Gasteiger partial charge in [-0.1, -0.05) is 0 Å². The van der Waals surface area contributed by atoms with E-state index in [1.807, 2.05) is 22.6 Å². The highest BCUT2D eigenvalue weighted by atomic mass is 127. The number of nitrogens with one attached hydrogen (secondary N) is 1. The van der Waals surface area contributed by atoms with Crippen molar-refractivity contribution in [3.05, 3.63) is 45.0 Å². The van der Waals surface area contributed by atoms with Crippen molar-refractivity contribution in [2.24, 2.45) is 0 Å². The van der Waals surface area contributed by atoms with Crippen LogP contribution in [-0.4, -0.2) is 27.2 Å². The third-order valence-corrected chi connectivity index (χ3v) is 4.60. The Labute approximate surface area is 167 Å². The second kappa shape index (κ2) is 8.68. The number of hydrogen-bond donors (Lipinski definition) is 1. The lowest BCUT2D eigenvalue weighted by atomic mass is 10.1. The van der Waals surface area contributed by atoms with Gasteiger partial charge in [-0.15, -0.1) is 0 Å². The molecule has 2 aromatic carbocycles. The Hall–Kier alpha value is -2.17. The minimum Gasteiger partial charge on any atom is -0.493 e. The van der Waals surface area contributed by atoms with Gasteiger partial charge in [0.25, 0.3) is 0 Å². The van der Waals surface area contributed by atoms with Gasteiger partial charge in [-0.05, 0) is 58.5 Å². The first-order valence-electron chi connectivity index (χ1n) is 7.65. The second-order valence-corrected chi connectivity index (χ2v) is 6.61. The zero-order chi connectivity index (χ0) is 20.2. The van der Waals surface area contributed by atoms with Gasteiger partial charge in [-0.25, -0.2) is 0 Å². The predicted molar refractivity (Wildman–Crippen MR) is 103 cm³/mol. The quantitative estimate of drug-likeness (QED) is 0.600. The van der Waals surface area contributed by atoms with Crippen LogP contribution < -0.4 is 19.5 Å². The molecule has 0 aromatic heterocycles. The Bertz CT molecular complexity index is 815. The molecule has 0 saturated heterocycles. The minimum absolute atomic E-state index is 0.0803. The number of anilines is 1. The first-order chi connectivity index (χ1) is 12.7. The van der Waals surface area contributed by atoms with Crippen molar-refractivity contribution >= 4 is 34.2 Å². The number of ether oxygens (including phenoxy) is 3. The maximum atomic E-state index is 12.9. The van der Waals surface area contributed by atoms with Crippen molar-refractivity contribution in [2.45, 2.75) is 12.6 Å². The van der Waals surface area contributed by atoms with Gasteiger partial charge in [-0.3, -0.25) is 4.79 Å².